The Hall–Kier alpha value is -1.84. The Morgan fingerprint density at radius 2 is 1.82 bits per heavy atom. The fourth-order valence-electron chi connectivity index (χ4n) is 2.30. The molecule has 0 aromatic heterocycles. The molecular formula is C13H16N2O2. The molecule has 90 valence electrons. The van der Waals surface area contributed by atoms with E-state index in [4.69, 9.17) is 0 Å². The van der Waals surface area contributed by atoms with Crippen molar-refractivity contribution in [1.82, 2.24) is 9.80 Å². The van der Waals surface area contributed by atoms with Crippen molar-refractivity contribution in [2.24, 2.45) is 0 Å². The van der Waals surface area contributed by atoms with Crippen molar-refractivity contribution < 1.29 is 9.59 Å². The Kier molecular flexibility index (Phi) is 2.88. The number of amides is 3. The minimum atomic E-state index is -0.223. The van der Waals surface area contributed by atoms with E-state index in [2.05, 4.69) is 0 Å². The third-order valence-electron chi connectivity index (χ3n) is 3.33. The molecule has 1 heterocycles. The van der Waals surface area contributed by atoms with Gasteiger partial charge in [0.1, 0.15) is 0 Å². The van der Waals surface area contributed by atoms with Crippen molar-refractivity contribution in [1.29, 1.82) is 0 Å². The van der Waals surface area contributed by atoms with Crippen molar-refractivity contribution in [2.45, 2.75) is 25.9 Å². The molecule has 0 bridgehead atoms. The highest BCUT2D eigenvalue weighted by molar-refractivity contribution is 5.95. The van der Waals surface area contributed by atoms with Gasteiger partial charge in [-0.15, -0.1) is 0 Å². The molecule has 1 aliphatic rings. The molecule has 1 fully saturated rings. The van der Waals surface area contributed by atoms with Crippen LogP contribution in [0.4, 0.5) is 4.79 Å². The van der Waals surface area contributed by atoms with Crippen LogP contribution in [0.15, 0.2) is 30.3 Å². The minimum absolute atomic E-state index is 0.00574. The lowest BCUT2D eigenvalue weighted by Gasteiger charge is -2.23. The van der Waals surface area contributed by atoms with Crippen LogP contribution >= 0.6 is 0 Å². The number of carbonyl (C=O) groups is 2. The first-order chi connectivity index (χ1) is 8.04. The number of likely N-dealkylation sites (N-methyl/N-ethyl adjacent to an activating group) is 1. The standard InChI is InChI=1S/C13H16N2O2/c1-9-12(11-7-5-4-6-8-11)15(10(2)16)13(17)14(9)3/h4-9,12H,1-3H3. The minimum Gasteiger partial charge on any atom is -0.322 e. The maximum Gasteiger partial charge on any atom is 0.327 e. The third-order valence-corrected chi connectivity index (χ3v) is 3.33. The predicted octanol–water partition coefficient (Wildman–Crippen LogP) is 2.03. The van der Waals surface area contributed by atoms with E-state index >= 15 is 0 Å². The molecule has 1 aromatic rings. The molecule has 0 saturated carbocycles. The van der Waals surface area contributed by atoms with Crippen LogP contribution < -0.4 is 0 Å². The maximum atomic E-state index is 12.0. The maximum absolute atomic E-state index is 12.0. The second kappa shape index (κ2) is 4.20. The van der Waals surface area contributed by atoms with Crippen molar-refractivity contribution in [3.63, 3.8) is 0 Å². The number of benzene rings is 1. The normalized spacial score (nSPS) is 24.3. The average molecular weight is 232 g/mol. The fraction of sp³-hybridized carbons (Fsp3) is 0.385. The van der Waals surface area contributed by atoms with Gasteiger partial charge in [-0.2, -0.15) is 0 Å². The smallest absolute Gasteiger partial charge is 0.322 e. The van der Waals surface area contributed by atoms with E-state index in [1.165, 1.54) is 11.8 Å². The monoisotopic (exact) mass is 232 g/mol. The van der Waals surface area contributed by atoms with E-state index in [9.17, 15) is 9.59 Å². The summed E-state index contributed by atoms with van der Waals surface area (Å²) >= 11 is 0. The molecule has 1 saturated heterocycles. The van der Waals surface area contributed by atoms with E-state index in [0.717, 1.165) is 5.56 Å². The second-order valence-electron chi connectivity index (χ2n) is 4.38. The summed E-state index contributed by atoms with van der Waals surface area (Å²) in [5, 5.41) is 0. The first-order valence-electron chi connectivity index (χ1n) is 5.65. The van der Waals surface area contributed by atoms with Crippen LogP contribution in [0.5, 0.6) is 0 Å². The quantitative estimate of drug-likeness (QED) is 0.743. The van der Waals surface area contributed by atoms with Gasteiger partial charge in [0.15, 0.2) is 0 Å². The van der Waals surface area contributed by atoms with E-state index in [0.29, 0.717) is 0 Å². The van der Waals surface area contributed by atoms with Gasteiger partial charge in [-0.1, -0.05) is 30.3 Å². The van der Waals surface area contributed by atoms with Gasteiger partial charge in [-0.25, -0.2) is 4.79 Å². The molecular weight excluding hydrogens is 216 g/mol. The van der Waals surface area contributed by atoms with E-state index in [-0.39, 0.29) is 24.0 Å². The summed E-state index contributed by atoms with van der Waals surface area (Å²) in [6, 6.07) is 9.24. The molecule has 0 radical (unpaired) electrons. The summed E-state index contributed by atoms with van der Waals surface area (Å²) in [4.78, 5) is 26.5. The summed E-state index contributed by atoms with van der Waals surface area (Å²) in [5.74, 6) is -0.208. The first kappa shape index (κ1) is 11.6. The number of imide groups is 1. The van der Waals surface area contributed by atoms with E-state index in [1.54, 1.807) is 11.9 Å². The molecule has 1 aliphatic heterocycles. The van der Waals surface area contributed by atoms with Gasteiger partial charge in [0.2, 0.25) is 5.91 Å². The Morgan fingerprint density at radius 1 is 1.24 bits per heavy atom. The van der Waals surface area contributed by atoms with Crippen molar-refractivity contribution in [3.05, 3.63) is 35.9 Å². The number of rotatable bonds is 1. The summed E-state index contributed by atoms with van der Waals surface area (Å²) in [6.07, 6.45) is 0. The third kappa shape index (κ3) is 1.79. The molecule has 0 spiro atoms. The molecule has 17 heavy (non-hydrogen) atoms. The van der Waals surface area contributed by atoms with Gasteiger partial charge >= 0.3 is 6.03 Å². The first-order valence-corrected chi connectivity index (χ1v) is 5.65. The lowest BCUT2D eigenvalue weighted by Crippen LogP contribution is -2.34. The summed E-state index contributed by atoms with van der Waals surface area (Å²) in [6.45, 7) is 3.39. The SMILES string of the molecule is CC(=O)N1C(=O)N(C)C(C)C1c1ccccc1. The second-order valence-corrected chi connectivity index (χ2v) is 4.38. The van der Waals surface area contributed by atoms with Gasteiger partial charge < -0.3 is 4.90 Å². The van der Waals surface area contributed by atoms with Crippen molar-refractivity contribution >= 4 is 11.9 Å². The van der Waals surface area contributed by atoms with Gasteiger partial charge in [0.25, 0.3) is 0 Å². The lowest BCUT2D eigenvalue weighted by molar-refractivity contribution is -0.127. The Morgan fingerprint density at radius 3 is 2.35 bits per heavy atom. The highest BCUT2D eigenvalue weighted by Crippen LogP contribution is 2.34. The molecule has 4 heteroatoms. The lowest BCUT2D eigenvalue weighted by atomic mass is 10.0. The Balaban J connectivity index is 2.43. The zero-order chi connectivity index (χ0) is 12.6. The fourth-order valence-corrected chi connectivity index (χ4v) is 2.30. The topological polar surface area (TPSA) is 40.6 Å². The van der Waals surface area contributed by atoms with E-state index < -0.39 is 0 Å². The largest absolute Gasteiger partial charge is 0.327 e. The molecule has 1 aromatic carbocycles. The summed E-state index contributed by atoms with van der Waals surface area (Å²) in [5.41, 5.74) is 0.993. The van der Waals surface area contributed by atoms with Gasteiger partial charge in [-0.3, -0.25) is 9.69 Å². The molecule has 0 N–H and O–H groups in total. The number of carbonyl (C=O) groups excluding carboxylic acids is 2. The van der Waals surface area contributed by atoms with Crippen LogP contribution in [0.2, 0.25) is 0 Å². The molecule has 3 amide bonds. The highest BCUT2D eigenvalue weighted by atomic mass is 16.2. The Bertz CT molecular complexity index is 444. The molecule has 2 atom stereocenters. The van der Waals surface area contributed by atoms with Crippen LogP contribution in [0.3, 0.4) is 0 Å². The van der Waals surface area contributed by atoms with E-state index in [1.807, 2.05) is 37.3 Å². The van der Waals surface area contributed by atoms with Crippen molar-refractivity contribution in [3.8, 4) is 0 Å². The zero-order valence-corrected chi connectivity index (χ0v) is 10.3. The van der Waals surface area contributed by atoms with Crippen LogP contribution in [0.25, 0.3) is 0 Å². The average Bonchev–Trinajstić information content (AvgIpc) is 2.55. The van der Waals surface area contributed by atoms with Gasteiger partial charge in [0, 0.05) is 14.0 Å². The number of hydrogen-bond acceptors (Lipinski definition) is 2. The highest BCUT2D eigenvalue weighted by Gasteiger charge is 2.44. The Labute approximate surface area is 101 Å². The number of hydrogen-bond donors (Lipinski definition) is 0. The van der Waals surface area contributed by atoms with Crippen LogP contribution in [0.1, 0.15) is 25.5 Å². The van der Waals surface area contributed by atoms with Crippen LogP contribution in [0, 0.1) is 0 Å². The van der Waals surface area contributed by atoms with Crippen molar-refractivity contribution in [2.75, 3.05) is 7.05 Å². The summed E-state index contributed by atoms with van der Waals surface area (Å²) < 4.78 is 0. The molecule has 4 nitrogen and oxygen atoms in total. The summed E-state index contributed by atoms with van der Waals surface area (Å²) in [7, 11) is 1.73. The van der Waals surface area contributed by atoms with Gasteiger partial charge in [-0.05, 0) is 12.5 Å². The van der Waals surface area contributed by atoms with Crippen LogP contribution in [-0.2, 0) is 4.79 Å². The number of urea groups is 1. The number of nitrogens with zero attached hydrogens (tertiary/aromatic N) is 2. The zero-order valence-electron chi connectivity index (χ0n) is 10.3. The molecule has 0 aliphatic carbocycles. The van der Waals surface area contributed by atoms with Gasteiger partial charge in [0.05, 0.1) is 12.1 Å². The molecule has 2 unspecified atom stereocenters. The molecule has 2 rings (SSSR count). The predicted molar refractivity (Wildman–Crippen MR) is 64.3 cm³/mol. The van der Waals surface area contributed by atoms with Crippen LogP contribution in [-0.4, -0.2) is 34.8 Å².